The van der Waals surface area contributed by atoms with E-state index < -0.39 is 0 Å². The molecule has 0 N–H and O–H groups in total. The molecule has 7 heteroatoms. The molecule has 31 heavy (non-hydrogen) atoms. The molecular formula is C24H28N4O2S. The second kappa shape index (κ2) is 9.58. The van der Waals surface area contributed by atoms with E-state index in [-0.39, 0.29) is 24.2 Å². The lowest BCUT2D eigenvalue weighted by atomic mass is 10.1. The average molecular weight is 437 g/mol. The molecule has 1 atom stereocenters. The molecule has 1 aliphatic heterocycles. The molecule has 1 saturated heterocycles. The quantitative estimate of drug-likeness (QED) is 0.535. The molecule has 0 saturated carbocycles. The van der Waals surface area contributed by atoms with Crippen LogP contribution in [0.25, 0.3) is 10.2 Å². The predicted octanol–water partition coefficient (Wildman–Crippen LogP) is 4.02. The van der Waals surface area contributed by atoms with E-state index in [1.807, 2.05) is 54.6 Å². The third-order valence-corrected chi connectivity index (χ3v) is 6.92. The van der Waals surface area contributed by atoms with Gasteiger partial charge in [-0.2, -0.15) is 0 Å². The van der Waals surface area contributed by atoms with Crippen molar-refractivity contribution in [2.24, 2.45) is 5.92 Å². The molecule has 2 heterocycles. The molecule has 2 aromatic carbocycles. The highest BCUT2D eigenvalue weighted by Gasteiger charge is 2.38. The van der Waals surface area contributed by atoms with Crippen LogP contribution in [0.15, 0.2) is 54.6 Å². The van der Waals surface area contributed by atoms with Gasteiger partial charge < -0.3 is 9.80 Å². The Hall–Kier alpha value is -2.77. The Morgan fingerprint density at radius 1 is 1.06 bits per heavy atom. The Morgan fingerprint density at radius 2 is 1.77 bits per heavy atom. The molecule has 0 spiro atoms. The maximum atomic E-state index is 13.6. The van der Waals surface area contributed by atoms with E-state index in [1.165, 1.54) is 11.3 Å². The number of thiazole rings is 1. The number of anilines is 2. The molecule has 0 radical (unpaired) electrons. The van der Waals surface area contributed by atoms with Gasteiger partial charge >= 0.3 is 0 Å². The van der Waals surface area contributed by atoms with Gasteiger partial charge in [0, 0.05) is 31.7 Å². The molecular weight excluding hydrogens is 408 g/mol. The number of rotatable bonds is 8. The van der Waals surface area contributed by atoms with Crippen LogP contribution in [-0.4, -0.2) is 54.4 Å². The molecule has 2 amide bonds. The lowest BCUT2D eigenvalue weighted by Crippen LogP contribution is -2.42. The van der Waals surface area contributed by atoms with Crippen LogP contribution in [-0.2, 0) is 9.59 Å². The average Bonchev–Trinajstić information content (AvgIpc) is 3.40. The van der Waals surface area contributed by atoms with Gasteiger partial charge in [0.1, 0.15) is 0 Å². The van der Waals surface area contributed by atoms with E-state index in [9.17, 15) is 9.59 Å². The van der Waals surface area contributed by atoms with E-state index in [4.69, 9.17) is 4.98 Å². The second-order valence-electron chi connectivity index (χ2n) is 7.72. The number of likely N-dealkylation sites (N-methyl/N-ethyl adjacent to an activating group) is 1. The minimum absolute atomic E-state index is 0.00228. The van der Waals surface area contributed by atoms with Crippen molar-refractivity contribution >= 4 is 44.2 Å². The maximum Gasteiger partial charge on any atom is 0.234 e. The third kappa shape index (κ3) is 4.62. The highest BCUT2D eigenvalue weighted by Crippen LogP contribution is 2.32. The largest absolute Gasteiger partial charge is 0.312 e. The highest BCUT2D eigenvalue weighted by atomic mass is 32.1. The molecule has 1 fully saturated rings. The fraction of sp³-hybridized carbons (Fsp3) is 0.375. The van der Waals surface area contributed by atoms with E-state index >= 15 is 0 Å². The van der Waals surface area contributed by atoms with E-state index in [2.05, 4.69) is 18.7 Å². The zero-order valence-electron chi connectivity index (χ0n) is 18.0. The monoisotopic (exact) mass is 436 g/mol. The SMILES string of the molecule is CCN(CC)CCN(C(=O)C1CC(=O)N(c2ccccc2)C1)c1nc2ccccc2s1. The standard InChI is InChI=1S/C24H28N4O2S/c1-3-26(4-2)14-15-27(24-25-20-12-8-9-13-21(20)31-24)23(30)18-16-22(29)28(17-18)19-10-6-5-7-11-19/h5-13,18H,3-4,14-17H2,1-2H3. The van der Waals surface area contributed by atoms with Crippen LogP contribution in [0.3, 0.4) is 0 Å². The summed E-state index contributed by atoms with van der Waals surface area (Å²) in [5.74, 6) is -0.382. The zero-order chi connectivity index (χ0) is 21.8. The zero-order valence-corrected chi connectivity index (χ0v) is 18.8. The van der Waals surface area contributed by atoms with Gasteiger partial charge in [-0.05, 0) is 37.4 Å². The molecule has 6 nitrogen and oxygen atoms in total. The van der Waals surface area contributed by atoms with E-state index in [0.717, 1.165) is 35.5 Å². The first kappa shape index (κ1) is 21.5. The first-order valence-corrected chi connectivity index (χ1v) is 11.7. The predicted molar refractivity (Wildman–Crippen MR) is 127 cm³/mol. The number of carbonyl (C=O) groups is 2. The fourth-order valence-electron chi connectivity index (χ4n) is 4.01. The molecule has 1 unspecified atom stereocenters. The maximum absolute atomic E-state index is 13.6. The molecule has 3 aromatic rings. The van der Waals surface area contributed by atoms with E-state index in [1.54, 1.807) is 9.80 Å². The van der Waals surface area contributed by atoms with Crippen molar-refractivity contribution in [1.82, 2.24) is 9.88 Å². The molecule has 0 bridgehead atoms. The van der Waals surface area contributed by atoms with Gasteiger partial charge in [0.25, 0.3) is 0 Å². The molecule has 1 aromatic heterocycles. The molecule has 162 valence electrons. The highest BCUT2D eigenvalue weighted by molar-refractivity contribution is 7.22. The second-order valence-corrected chi connectivity index (χ2v) is 8.73. The molecule has 4 rings (SSSR count). The Morgan fingerprint density at radius 3 is 2.48 bits per heavy atom. The number of nitrogens with zero attached hydrogens (tertiary/aromatic N) is 4. The number of hydrogen-bond acceptors (Lipinski definition) is 5. The van der Waals surface area contributed by atoms with Gasteiger partial charge in [-0.1, -0.05) is 55.5 Å². The normalized spacial score (nSPS) is 16.4. The van der Waals surface area contributed by atoms with Crippen molar-refractivity contribution in [3.8, 4) is 0 Å². The molecule has 0 aliphatic carbocycles. The summed E-state index contributed by atoms with van der Waals surface area (Å²) in [6.45, 7) is 7.87. The Kier molecular flexibility index (Phi) is 6.63. The van der Waals surface area contributed by atoms with Crippen LogP contribution in [0.5, 0.6) is 0 Å². The van der Waals surface area contributed by atoms with Gasteiger partial charge in [-0.3, -0.25) is 14.5 Å². The summed E-state index contributed by atoms with van der Waals surface area (Å²) in [5.41, 5.74) is 1.74. The van der Waals surface area contributed by atoms with Crippen LogP contribution in [0.4, 0.5) is 10.8 Å². The van der Waals surface area contributed by atoms with Gasteiger partial charge in [0.05, 0.1) is 16.1 Å². The Labute approximate surface area is 187 Å². The molecule has 1 aliphatic rings. The van der Waals surface area contributed by atoms with Crippen LogP contribution in [0.1, 0.15) is 20.3 Å². The van der Waals surface area contributed by atoms with Crippen molar-refractivity contribution in [1.29, 1.82) is 0 Å². The minimum atomic E-state index is -0.364. The summed E-state index contributed by atoms with van der Waals surface area (Å²) >= 11 is 1.53. The summed E-state index contributed by atoms with van der Waals surface area (Å²) in [4.78, 5) is 36.9. The number of fused-ring (bicyclic) bond motifs is 1. The number of carbonyl (C=O) groups excluding carboxylic acids is 2. The van der Waals surface area contributed by atoms with Gasteiger partial charge in [-0.15, -0.1) is 0 Å². The lowest BCUT2D eigenvalue weighted by Gasteiger charge is -2.26. The summed E-state index contributed by atoms with van der Waals surface area (Å²) in [6, 6.07) is 17.5. The minimum Gasteiger partial charge on any atom is -0.312 e. The topological polar surface area (TPSA) is 56.8 Å². The van der Waals surface area contributed by atoms with Crippen molar-refractivity contribution < 1.29 is 9.59 Å². The van der Waals surface area contributed by atoms with Crippen LogP contribution < -0.4 is 9.80 Å². The fourth-order valence-corrected chi connectivity index (χ4v) is 5.00. The number of hydrogen-bond donors (Lipinski definition) is 0. The third-order valence-electron chi connectivity index (χ3n) is 5.86. The summed E-state index contributed by atoms with van der Waals surface area (Å²) in [5, 5.41) is 0.712. The Balaban J connectivity index is 1.58. The number of benzene rings is 2. The van der Waals surface area contributed by atoms with Crippen LogP contribution >= 0.6 is 11.3 Å². The van der Waals surface area contributed by atoms with E-state index in [0.29, 0.717) is 18.2 Å². The van der Waals surface area contributed by atoms with Crippen LogP contribution in [0, 0.1) is 5.92 Å². The van der Waals surface area contributed by atoms with Crippen molar-refractivity contribution in [3.63, 3.8) is 0 Å². The van der Waals surface area contributed by atoms with Gasteiger partial charge in [0.15, 0.2) is 5.13 Å². The number of amides is 2. The van der Waals surface area contributed by atoms with Crippen molar-refractivity contribution in [2.45, 2.75) is 20.3 Å². The van der Waals surface area contributed by atoms with Crippen molar-refractivity contribution in [3.05, 3.63) is 54.6 Å². The summed E-state index contributed by atoms with van der Waals surface area (Å²) in [7, 11) is 0. The van der Waals surface area contributed by atoms with Gasteiger partial charge in [0.2, 0.25) is 11.8 Å². The number of aromatic nitrogens is 1. The number of para-hydroxylation sites is 2. The first-order valence-electron chi connectivity index (χ1n) is 10.9. The van der Waals surface area contributed by atoms with Gasteiger partial charge in [-0.25, -0.2) is 4.98 Å². The lowest BCUT2D eigenvalue weighted by molar-refractivity contribution is -0.124. The summed E-state index contributed by atoms with van der Waals surface area (Å²) < 4.78 is 1.06. The summed E-state index contributed by atoms with van der Waals surface area (Å²) in [6.07, 6.45) is 0.237. The Bertz CT molecular complexity index is 1010. The smallest absolute Gasteiger partial charge is 0.234 e. The first-order chi connectivity index (χ1) is 15.1. The van der Waals surface area contributed by atoms with Crippen LogP contribution in [0.2, 0.25) is 0 Å². The van der Waals surface area contributed by atoms with Crippen molar-refractivity contribution in [2.75, 3.05) is 42.5 Å².